The average Bonchev–Trinajstić information content (AvgIpc) is 2.80. The molecule has 0 radical (unpaired) electrons. The average molecular weight is 265 g/mol. The fourth-order valence-corrected chi connectivity index (χ4v) is 1.61. The molecule has 1 aromatic heterocycles. The molecule has 1 amide bonds. The number of carbonyl (C=O) groups excluding carboxylic acids is 1. The van der Waals surface area contributed by atoms with Crippen LogP contribution in [-0.4, -0.2) is 15.7 Å². The van der Waals surface area contributed by atoms with Gasteiger partial charge in [-0.15, -0.1) is 0 Å². The zero-order valence-corrected chi connectivity index (χ0v) is 10.6. The molecule has 0 aliphatic rings. The molecule has 0 saturated carbocycles. The third kappa shape index (κ3) is 2.62. The number of aromatic nitrogens is 2. The van der Waals surface area contributed by atoms with Crippen molar-refractivity contribution in [2.24, 2.45) is 0 Å². The molecule has 0 atom stereocenters. The van der Waals surface area contributed by atoms with Crippen LogP contribution in [0.25, 0.3) is 0 Å². The van der Waals surface area contributed by atoms with Crippen LogP contribution in [0.15, 0.2) is 30.6 Å². The lowest BCUT2D eigenvalue weighted by Crippen LogP contribution is -2.11. The van der Waals surface area contributed by atoms with Crippen LogP contribution in [0.4, 0.5) is 11.4 Å². The van der Waals surface area contributed by atoms with E-state index in [4.69, 9.17) is 17.3 Å². The Morgan fingerprint density at radius 2 is 2.33 bits per heavy atom. The highest BCUT2D eigenvalue weighted by atomic mass is 35.5. The number of benzene rings is 1. The van der Waals surface area contributed by atoms with E-state index >= 15 is 0 Å². The van der Waals surface area contributed by atoms with Crippen LogP contribution >= 0.6 is 11.6 Å². The van der Waals surface area contributed by atoms with Crippen LogP contribution in [0, 0.1) is 0 Å². The smallest absolute Gasteiger partial charge is 0.255 e. The van der Waals surface area contributed by atoms with Crippen molar-refractivity contribution in [1.82, 2.24) is 9.78 Å². The number of aryl methyl sites for hydroxylation is 1. The maximum atomic E-state index is 11.9. The lowest BCUT2D eigenvalue weighted by Gasteiger charge is -2.04. The van der Waals surface area contributed by atoms with Crippen LogP contribution in [0.2, 0.25) is 5.02 Å². The van der Waals surface area contributed by atoms with Gasteiger partial charge in [0, 0.05) is 18.3 Å². The summed E-state index contributed by atoms with van der Waals surface area (Å²) in [5.74, 6) is -0.242. The van der Waals surface area contributed by atoms with Crippen molar-refractivity contribution in [3.8, 4) is 0 Å². The van der Waals surface area contributed by atoms with Gasteiger partial charge >= 0.3 is 0 Å². The van der Waals surface area contributed by atoms with Gasteiger partial charge in [0.1, 0.15) is 0 Å². The van der Waals surface area contributed by atoms with E-state index in [9.17, 15) is 4.79 Å². The Bertz CT molecular complexity index is 579. The fraction of sp³-hybridized carbons (Fsp3) is 0.167. The molecule has 1 aromatic carbocycles. The van der Waals surface area contributed by atoms with E-state index in [1.54, 1.807) is 35.3 Å². The number of nitrogens with one attached hydrogen (secondary N) is 1. The number of hydrogen-bond acceptors (Lipinski definition) is 3. The largest absolute Gasteiger partial charge is 0.398 e. The first kappa shape index (κ1) is 12.4. The number of carbonyl (C=O) groups is 1. The van der Waals surface area contributed by atoms with Gasteiger partial charge in [0.2, 0.25) is 0 Å². The zero-order valence-electron chi connectivity index (χ0n) is 9.85. The minimum Gasteiger partial charge on any atom is -0.398 e. The normalized spacial score (nSPS) is 10.3. The maximum Gasteiger partial charge on any atom is 0.255 e. The Morgan fingerprint density at radius 1 is 1.56 bits per heavy atom. The fourth-order valence-electron chi connectivity index (χ4n) is 1.49. The highest BCUT2D eigenvalue weighted by molar-refractivity contribution is 6.33. The SMILES string of the molecule is CCn1cc(NC(=O)c2ccc(Cl)c(N)c2)cn1. The van der Waals surface area contributed by atoms with Crippen molar-refractivity contribution in [3.63, 3.8) is 0 Å². The van der Waals surface area contributed by atoms with Gasteiger partial charge in [-0.1, -0.05) is 11.6 Å². The Hall–Kier alpha value is -2.01. The summed E-state index contributed by atoms with van der Waals surface area (Å²) in [4.78, 5) is 11.9. The first-order valence-electron chi connectivity index (χ1n) is 5.49. The van der Waals surface area contributed by atoms with E-state index in [2.05, 4.69) is 10.4 Å². The number of hydrogen-bond donors (Lipinski definition) is 2. The van der Waals surface area contributed by atoms with Gasteiger partial charge in [-0.25, -0.2) is 0 Å². The van der Waals surface area contributed by atoms with Crippen LogP contribution in [0.5, 0.6) is 0 Å². The Kier molecular flexibility index (Phi) is 3.53. The molecule has 5 nitrogen and oxygen atoms in total. The van der Waals surface area contributed by atoms with Gasteiger partial charge < -0.3 is 11.1 Å². The lowest BCUT2D eigenvalue weighted by atomic mass is 10.2. The van der Waals surface area contributed by atoms with Crippen LogP contribution in [0.3, 0.4) is 0 Å². The van der Waals surface area contributed by atoms with Crippen molar-refractivity contribution in [3.05, 3.63) is 41.2 Å². The molecule has 0 aliphatic carbocycles. The molecule has 2 aromatic rings. The van der Waals surface area contributed by atoms with Crippen LogP contribution in [-0.2, 0) is 6.54 Å². The van der Waals surface area contributed by atoms with E-state index in [1.807, 2.05) is 6.92 Å². The number of nitrogens with two attached hydrogens (primary N) is 1. The maximum absolute atomic E-state index is 11.9. The molecule has 0 bridgehead atoms. The summed E-state index contributed by atoms with van der Waals surface area (Å²) in [6.45, 7) is 2.72. The summed E-state index contributed by atoms with van der Waals surface area (Å²) < 4.78 is 1.73. The molecule has 0 fully saturated rings. The van der Waals surface area contributed by atoms with Gasteiger partial charge in [-0.2, -0.15) is 5.10 Å². The second kappa shape index (κ2) is 5.10. The predicted octanol–water partition coefficient (Wildman–Crippen LogP) is 2.39. The highest BCUT2D eigenvalue weighted by Gasteiger charge is 2.08. The Morgan fingerprint density at radius 3 is 2.94 bits per heavy atom. The van der Waals surface area contributed by atoms with E-state index in [0.29, 0.717) is 22.0 Å². The van der Waals surface area contributed by atoms with Gasteiger partial charge in [0.25, 0.3) is 5.91 Å². The Labute approximate surface area is 110 Å². The summed E-state index contributed by atoms with van der Waals surface area (Å²) in [6, 6.07) is 4.77. The summed E-state index contributed by atoms with van der Waals surface area (Å²) in [6.07, 6.45) is 3.36. The molecule has 0 spiro atoms. The first-order valence-corrected chi connectivity index (χ1v) is 5.86. The van der Waals surface area contributed by atoms with Gasteiger partial charge in [-0.05, 0) is 25.1 Å². The number of nitrogen functional groups attached to an aromatic ring is 1. The van der Waals surface area contributed by atoms with Crippen LogP contribution in [0.1, 0.15) is 17.3 Å². The molecule has 94 valence electrons. The summed E-state index contributed by atoms with van der Waals surface area (Å²) in [5, 5.41) is 7.24. The molecule has 2 rings (SSSR count). The number of halogens is 1. The molecule has 0 saturated heterocycles. The van der Waals surface area contributed by atoms with E-state index < -0.39 is 0 Å². The Balaban J connectivity index is 2.14. The minimum atomic E-state index is -0.242. The second-order valence-corrected chi connectivity index (χ2v) is 4.18. The summed E-state index contributed by atoms with van der Waals surface area (Å²) in [7, 11) is 0. The molecule has 6 heteroatoms. The van der Waals surface area contributed by atoms with Crippen LogP contribution < -0.4 is 11.1 Å². The number of rotatable bonds is 3. The number of amides is 1. The van der Waals surface area contributed by atoms with Gasteiger partial charge in [0.05, 0.1) is 22.6 Å². The van der Waals surface area contributed by atoms with Crippen molar-refractivity contribution < 1.29 is 4.79 Å². The third-order valence-corrected chi connectivity index (χ3v) is 2.82. The third-order valence-electron chi connectivity index (χ3n) is 2.47. The topological polar surface area (TPSA) is 72.9 Å². The summed E-state index contributed by atoms with van der Waals surface area (Å²) in [5.41, 5.74) is 7.14. The number of nitrogens with zero attached hydrogens (tertiary/aromatic N) is 2. The molecular formula is C12H13ClN4O. The van der Waals surface area contributed by atoms with Crippen molar-refractivity contribution in [2.75, 3.05) is 11.1 Å². The monoisotopic (exact) mass is 264 g/mol. The van der Waals surface area contributed by atoms with E-state index in [-0.39, 0.29) is 5.91 Å². The second-order valence-electron chi connectivity index (χ2n) is 3.78. The van der Waals surface area contributed by atoms with Crippen molar-refractivity contribution in [1.29, 1.82) is 0 Å². The minimum absolute atomic E-state index is 0.242. The van der Waals surface area contributed by atoms with Gasteiger partial charge in [-0.3, -0.25) is 9.48 Å². The molecule has 1 heterocycles. The molecular weight excluding hydrogens is 252 g/mol. The highest BCUT2D eigenvalue weighted by Crippen LogP contribution is 2.20. The molecule has 0 aliphatic heterocycles. The molecule has 0 unspecified atom stereocenters. The molecule has 18 heavy (non-hydrogen) atoms. The predicted molar refractivity (Wildman–Crippen MR) is 71.7 cm³/mol. The van der Waals surface area contributed by atoms with Gasteiger partial charge in [0.15, 0.2) is 0 Å². The lowest BCUT2D eigenvalue weighted by molar-refractivity contribution is 0.102. The molecule has 3 N–H and O–H groups in total. The van der Waals surface area contributed by atoms with Crippen molar-refractivity contribution >= 4 is 28.9 Å². The summed E-state index contributed by atoms with van der Waals surface area (Å²) >= 11 is 5.80. The zero-order chi connectivity index (χ0) is 13.1. The van der Waals surface area contributed by atoms with Crippen molar-refractivity contribution in [2.45, 2.75) is 13.5 Å². The first-order chi connectivity index (χ1) is 8.60. The standard InChI is InChI=1S/C12H13ClN4O/c1-2-17-7-9(6-15-17)16-12(18)8-3-4-10(13)11(14)5-8/h3-7H,2,14H2,1H3,(H,16,18). The van der Waals surface area contributed by atoms with E-state index in [0.717, 1.165) is 6.54 Å². The van der Waals surface area contributed by atoms with E-state index in [1.165, 1.54) is 0 Å². The quantitative estimate of drug-likeness (QED) is 0.836. The number of anilines is 2.